The zero-order chi connectivity index (χ0) is 16.4. The van der Waals surface area contributed by atoms with Gasteiger partial charge < -0.3 is 45.2 Å². The van der Waals surface area contributed by atoms with Gasteiger partial charge in [-0.3, -0.25) is 0 Å². The quantitative estimate of drug-likeness (QED) is 0.294. The van der Waals surface area contributed by atoms with Crippen molar-refractivity contribution < 1.29 is 59.7 Å². The monoisotopic (exact) mass is 441 g/mol. The summed E-state index contributed by atoms with van der Waals surface area (Å²) in [6.07, 6.45) is -1.46. The molecule has 0 atom stereocenters. The van der Waals surface area contributed by atoms with Gasteiger partial charge in [0.25, 0.3) is 6.18 Å². The van der Waals surface area contributed by atoms with Crippen LogP contribution in [0.1, 0.15) is 25.7 Å². The average Bonchev–Trinajstić information content (AvgIpc) is 2.42. The van der Waals surface area contributed by atoms with Crippen LogP contribution in [0.3, 0.4) is 0 Å². The molecule has 1 rings (SSSR count). The molecule has 0 unspecified atom stereocenters. The van der Waals surface area contributed by atoms with E-state index in [-0.39, 0.29) is 53.0 Å². The molecule has 0 aromatic rings. The van der Waals surface area contributed by atoms with E-state index in [4.69, 9.17) is 0 Å². The molecule has 0 aromatic carbocycles. The predicted molar refractivity (Wildman–Crippen MR) is 83.6 cm³/mol. The molecule has 4 nitrogen and oxygen atoms in total. The summed E-state index contributed by atoms with van der Waals surface area (Å²) in [5.41, 5.74) is 0. The van der Waals surface area contributed by atoms with Crippen LogP contribution in [-0.4, -0.2) is 75.9 Å². The molecular weight excluding hydrogens is 412 g/mol. The minimum Gasteiger partial charge on any atom is -1.00 e. The molecule has 149 valence electrons. The molecular formula is C15H30Cl2F3N4Ti. The summed E-state index contributed by atoms with van der Waals surface area (Å²) < 4.78 is 39.4. The molecule has 1 heterocycles. The second-order valence-corrected chi connectivity index (χ2v) is 5.98. The van der Waals surface area contributed by atoms with Crippen molar-refractivity contribution >= 4 is 0 Å². The van der Waals surface area contributed by atoms with Crippen molar-refractivity contribution in [2.45, 2.75) is 31.9 Å². The maximum Gasteiger partial charge on any atom is 3.00 e. The van der Waals surface area contributed by atoms with Gasteiger partial charge in [-0.2, -0.15) is 0 Å². The molecule has 1 saturated heterocycles. The van der Waals surface area contributed by atoms with Gasteiger partial charge in [-0.1, -0.05) is 0 Å². The van der Waals surface area contributed by atoms with E-state index in [1.54, 1.807) is 7.05 Å². The summed E-state index contributed by atoms with van der Waals surface area (Å²) in [6.45, 7) is 5.28. The van der Waals surface area contributed by atoms with Gasteiger partial charge >= 0.3 is 21.7 Å². The topological polar surface area (TPSA) is 30.5 Å². The Hall–Kier alpha value is 0.924. The molecule has 0 amide bonds. The van der Waals surface area contributed by atoms with Crippen LogP contribution < -0.4 is 35.4 Å². The molecule has 25 heavy (non-hydrogen) atoms. The summed E-state index contributed by atoms with van der Waals surface area (Å²) in [4.78, 5) is 3.57. The van der Waals surface area contributed by atoms with Crippen molar-refractivity contribution in [3.63, 3.8) is 0 Å². The molecule has 10 heteroatoms. The van der Waals surface area contributed by atoms with Crippen LogP contribution in [0, 0.1) is 6.04 Å². The summed E-state index contributed by atoms with van der Waals surface area (Å²) in [7, 11) is 3.58. The Balaban J connectivity index is -0.00000161. The summed E-state index contributed by atoms with van der Waals surface area (Å²) in [5.74, 6) is 0. The van der Waals surface area contributed by atoms with Crippen molar-refractivity contribution in [1.29, 1.82) is 0 Å². The van der Waals surface area contributed by atoms with Crippen molar-refractivity contribution in [3.05, 3.63) is 6.04 Å². The Kier molecular flexibility index (Phi) is 20.9. The smallest absolute Gasteiger partial charge is 1.00 e. The van der Waals surface area contributed by atoms with Crippen LogP contribution in [0.15, 0.2) is 0 Å². The maximum absolute atomic E-state index is 13.1. The number of halogens is 5. The van der Waals surface area contributed by atoms with E-state index in [9.17, 15) is 13.2 Å². The van der Waals surface area contributed by atoms with Gasteiger partial charge in [0.05, 0.1) is 0 Å². The Bertz CT molecular complexity index is 302. The fourth-order valence-electron chi connectivity index (χ4n) is 2.64. The van der Waals surface area contributed by atoms with Crippen LogP contribution >= 0.6 is 0 Å². The van der Waals surface area contributed by atoms with Gasteiger partial charge in [-0.05, 0) is 79.2 Å². The SMILES string of the molecule is CN1CCCNCCCNCC[C-](C(F)(F)F)N(C)CCC1.[Cl-].[Cl-].[Ti+3]. The Labute approximate surface area is 177 Å². The molecule has 0 saturated carbocycles. The van der Waals surface area contributed by atoms with Crippen LogP contribution in [-0.2, 0) is 21.7 Å². The number of rotatable bonds is 0. The predicted octanol–water partition coefficient (Wildman–Crippen LogP) is -4.30. The summed E-state index contributed by atoms with van der Waals surface area (Å²) >= 11 is 0. The third-order valence-corrected chi connectivity index (χ3v) is 3.96. The van der Waals surface area contributed by atoms with Crippen molar-refractivity contribution in [2.24, 2.45) is 0 Å². The zero-order valence-electron chi connectivity index (χ0n) is 15.1. The van der Waals surface area contributed by atoms with E-state index < -0.39 is 12.2 Å². The first-order valence-corrected chi connectivity index (χ1v) is 8.15. The normalized spacial score (nSPS) is 21.5. The molecule has 0 bridgehead atoms. The van der Waals surface area contributed by atoms with Gasteiger partial charge in [0.2, 0.25) is 0 Å². The maximum atomic E-state index is 13.1. The average molecular weight is 442 g/mol. The summed E-state index contributed by atoms with van der Waals surface area (Å²) in [5, 5.41) is 6.47. The molecule has 0 spiro atoms. The number of hydrogen-bond donors (Lipinski definition) is 2. The Morgan fingerprint density at radius 2 is 1.32 bits per heavy atom. The van der Waals surface area contributed by atoms with Crippen LogP contribution in [0.25, 0.3) is 0 Å². The number of nitrogens with zero attached hydrogens (tertiary/aromatic N) is 2. The summed E-state index contributed by atoms with van der Waals surface area (Å²) in [6, 6.07) is -0.423. The Morgan fingerprint density at radius 3 is 1.92 bits per heavy atom. The van der Waals surface area contributed by atoms with E-state index in [1.165, 1.54) is 4.90 Å². The second kappa shape index (κ2) is 17.1. The van der Waals surface area contributed by atoms with Crippen molar-refractivity contribution in [2.75, 3.05) is 59.9 Å². The number of nitrogens with one attached hydrogen (secondary N) is 2. The molecule has 2 N–H and O–H groups in total. The van der Waals surface area contributed by atoms with Crippen LogP contribution in [0.5, 0.6) is 0 Å². The minimum atomic E-state index is -4.24. The molecule has 1 aliphatic rings. The van der Waals surface area contributed by atoms with Crippen molar-refractivity contribution in [3.8, 4) is 0 Å². The first-order chi connectivity index (χ1) is 10.4. The fourth-order valence-corrected chi connectivity index (χ4v) is 2.64. The van der Waals surface area contributed by atoms with E-state index >= 15 is 0 Å². The van der Waals surface area contributed by atoms with Crippen molar-refractivity contribution in [1.82, 2.24) is 20.4 Å². The van der Waals surface area contributed by atoms with Gasteiger partial charge in [0, 0.05) is 0 Å². The van der Waals surface area contributed by atoms with E-state index in [1.807, 2.05) is 7.05 Å². The fraction of sp³-hybridized carbons (Fsp3) is 0.933. The molecule has 1 fully saturated rings. The van der Waals surface area contributed by atoms with Gasteiger partial charge in [0.1, 0.15) is 0 Å². The van der Waals surface area contributed by atoms with Crippen LogP contribution in [0.2, 0.25) is 0 Å². The van der Waals surface area contributed by atoms with E-state index in [0.29, 0.717) is 13.1 Å². The molecule has 1 radical (unpaired) electrons. The van der Waals surface area contributed by atoms with E-state index in [0.717, 1.165) is 52.0 Å². The van der Waals surface area contributed by atoms with E-state index in [2.05, 4.69) is 15.5 Å². The second-order valence-electron chi connectivity index (χ2n) is 5.98. The number of alkyl halides is 3. The molecule has 0 aromatic heterocycles. The standard InChI is InChI=1S/C15H30F3N4.2ClH.Ti/c1-21-11-4-9-19-7-3-8-20-10-6-14(15(16,17)18)22(2)13-5-12-21;;;/h19-20H,3-13H2,1-2H3;2*1H;/q-1;;;+3/p-2. The third-order valence-electron chi connectivity index (χ3n) is 3.96. The third kappa shape index (κ3) is 14.6. The molecule has 1 aliphatic heterocycles. The van der Waals surface area contributed by atoms with Gasteiger partial charge in [0.15, 0.2) is 0 Å². The first-order valence-electron chi connectivity index (χ1n) is 8.15. The Morgan fingerprint density at radius 1 is 0.800 bits per heavy atom. The minimum absolute atomic E-state index is 0. The van der Waals surface area contributed by atoms with Crippen LogP contribution in [0.4, 0.5) is 13.2 Å². The first kappa shape index (κ1) is 30.6. The zero-order valence-corrected chi connectivity index (χ0v) is 18.1. The van der Waals surface area contributed by atoms with Gasteiger partial charge in [-0.15, -0.1) is 12.5 Å². The molecule has 0 aliphatic carbocycles. The largest absolute Gasteiger partial charge is 3.00 e. The number of hydrogen-bond acceptors (Lipinski definition) is 4. The van der Waals surface area contributed by atoms with Gasteiger partial charge in [-0.25, -0.2) is 13.2 Å².